The standard InChI is InChI=1S/C20H28N4O/c1-23-10-12-24(13-11-23)20-17-14-16(25-2)8-9-18(17)21-19(22-20)15-6-4-3-5-7-15/h8-9,14-15H,3-7,10-13H2,1-2H3. The van der Waals surface area contributed by atoms with Crippen molar-refractivity contribution in [3.63, 3.8) is 0 Å². The molecule has 0 N–H and O–H groups in total. The van der Waals surface area contributed by atoms with Crippen LogP contribution in [0.3, 0.4) is 0 Å². The molecule has 134 valence electrons. The number of ether oxygens (including phenoxy) is 1. The highest BCUT2D eigenvalue weighted by atomic mass is 16.5. The van der Waals surface area contributed by atoms with Crippen LogP contribution < -0.4 is 9.64 Å². The predicted octanol–water partition coefficient (Wildman–Crippen LogP) is 3.44. The van der Waals surface area contributed by atoms with E-state index in [0.29, 0.717) is 5.92 Å². The van der Waals surface area contributed by atoms with E-state index in [4.69, 9.17) is 14.7 Å². The van der Waals surface area contributed by atoms with Crippen LogP contribution in [0.4, 0.5) is 5.82 Å². The van der Waals surface area contributed by atoms with Crippen molar-refractivity contribution in [2.75, 3.05) is 45.2 Å². The topological polar surface area (TPSA) is 41.5 Å². The normalized spacial score (nSPS) is 20.2. The maximum absolute atomic E-state index is 5.45. The minimum Gasteiger partial charge on any atom is -0.497 e. The van der Waals surface area contributed by atoms with Gasteiger partial charge in [-0.1, -0.05) is 19.3 Å². The van der Waals surface area contributed by atoms with Crippen LogP contribution in [-0.2, 0) is 0 Å². The molecule has 1 aromatic carbocycles. The summed E-state index contributed by atoms with van der Waals surface area (Å²) in [6.45, 7) is 4.19. The van der Waals surface area contributed by atoms with E-state index in [2.05, 4.69) is 29.0 Å². The van der Waals surface area contributed by atoms with Gasteiger partial charge in [-0.2, -0.15) is 0 Å². The lowest BCUT2D eigenvalue weighted by Crippen LogP contribution is -2.45. The second kappa shape index (κ2) is 7.16. The molecule has 2 fully saturated rings. The number of piperazine rings is 1. The number of aromatic nitrogens is 2. The molecule has 1 saturated carbocycles. The third-order valence-electron chi connectivity index (χ3n) is 5.67. The number of hydrogen-bond donors (Lipinski definition) is 0. The third-order valence-corrected chi connectivity index (χ3v) is 5.67. The number of methoxy groups -OCH3 is 1. The van der Waals surface area contributed by atoms with Crippen LogP contribution in [0.2, 0.25) is 0 Å². The summed E-state index contributed by atoms with van der Waals surface area (Å²) in [5, 5.41) is 1.11. The van der Waals surface area contributed by atoms with Crippen molar-refractivity contribution in [1.82, 2.24) is 14.9 Å². The summed E-state index contributed by atoms with van der Waals surface area (Å²) in [6, 6.07) is 6.18. The number of nitrogens with zero attached hydrogens (tertiary/aromatic N) is 4. The van der Waals surface area contributed by atoms with Crippen LogP contribution in [0, 0.1) is 0 Å². The fourth-order valence-electron chi connectivity index (χ4n) is 4.04. The first-order valence-electron chi connectivity index (χ1n) is 9.54. The molecule has 1 aliphatic carbocycles. The lowest BCUT2D eigenvalue weighted by atomic mass is 9.88. The molecule has 0 atom stereocenters. The largest absolute Gasteiger partial charge is 0.497 e. The van der Waals surface area contributed by atoms with E-state index < -0.39 is 0 Å². The predicted molar refractivity (Wildman–Crippen MR) is 102 cm³/mol. The Morgan fingerprint density at radius 3 is 2.48 bits per heavy atom. The number of fused-ring (bicyclic) bond motifs is 1. The minimum atomic E-state index is 0.520. The SMILES string of the molecule is COc1ccc2nc(C3CCCCC3)nc(N3CCN(C)CC3)c2c1. The van der Waals surface area contributed by atoms with Crippen LogP contribution in [0.25, 0.3) is 10.9 Å². The van der Waals surface area contributed by atoms with Crippen molar-refractivity contribution in [1.29, 1.82) is 0 Å². The summed E-state index contributed by atoms with van der Waals surface area (Å²) >= 11 is 0. The summed E-state index contributed by atoms with van der Waals surface area (Å²) in [4.78, 5) is 14.8. The van der Waals surface area contributed by atoms with Crippen LogP contribution in [0.1, 0.15) is 43.8 Å². The average molecular weight is 340 g/mol. The number of likely N-dealkylation sites (N-methyl/N-ethyl adjacent to an activating group) is 1. The van der Waals surface area contributed by atoms with Crippen LogP contribution in [-0.4, -0.2) is 55.2 Å². The molecule has 2 heterocycles. The first kappa shape index (κ1) is 16.6. The second-order valence-electron chi connectivity index (χ2n) is 7.41. The van der Waals surface area contributed by atoms with Gasteiger partial charge in [0.15, 0.2) is 0 Å². The van der Waals surface area contributed by atoms with Gasteiger partial charge in [-0.05, 0) is 38.1 Å². The van der Waals surface area contributed by atoms with Gasteiger partial charge in [0, 0.05) is 37.5 Å². The fraction of sp³-hybridized carbons (Fsp3) is 0.600. The quantitative estimate of drug-likeness (QED) is 0.856. The average Bonchev–Trinajstić information content (AvgIpc) is 2.68. The minimum absolute atomic E-state index is 0.520. The molecular weight excluding hydrogens is 312 g/mol. The summed E-state index contributed by atoms with van der Waals surface area (Å²) in [7, 11) is 3.90. The lowest BCUT2D eigenvalue weighted by Gasteiger charge is -2.34. The zero-order valence-corrected chi connectivity index (χ0v) is 15.4. The lowest BCUT2D eigenvalue weighted by molar-refractivity contribution is 0.312. The van der Waals surface area contributed by atoms with Crippen molar-refractivity contribution in [2.24, 2.45) is 0 Å². The molecule has 4 rings (SSSR count). The molecule has 0 spiro atoms. The molecule has 5 heteroatoms. The van der Waals surface area contributed by atoms with E-state index in [1.54, 1.807) is 7.11 Å². The first-order chi connectivity index (χ1) is 12.2. The van der Waals surface area contributed by atoms with E-state index >= 15 is 0 Å². The Morgan fingerprint density at radius 2 is 1.76 bits per heavy atom. The van der Waals surface area contributed by atoms with E-state index in [9.17, 15) is 0 Å². The second-order valence-corrected chi connectivity index (χ2v) is 7.41. The summed E-state index contributed by atoms with van der Waals surface area (Å²) in [5.74, 6) is 3.53. The molecule has 0 unspecified atom stereocenters. The van der Waals surface area contributed by atoms with E-state index in [1.165, 1.54) is 32.1 Å². The Balaban J connectivity index is 1.78. The molecule has 25 heavy (non-hydrogen) atoms. The van der Waals surface area contributed by atoms with Gasteiger partial charge in [-0.25, -0.2) is 9.97 Å². The zero-order valence-electron chi connectivity index (χ0n) is 15.4. The van der Waals surface area contributed by atoms with Gasteiger partial charge in [0.1, 0.15) is 17.4 Å². The number of benzene rings is 1. The van der Waals surface area contributed by atoms with Gasteiger partial charge in [0.2, 0.25) is 0 Å². The highest BCUT2D eigenvalue weighted by Crippen LogP contribution is 2.35. The summed E-state index contributed by atoms with van der Waals surface area (Å²) in [6.07, 6.45) is 6.41. The van der Waals surface area contributed by atoms with Gasteiger partial charge in [0.25, 0.3) is 0 Å². The first-order valence-corrected chi connectivity index (χ1v) is 9.54. The van der Waals surface area contributed by atoms with Crippen molar-refractivity contribution in [2.45, 2.75) is 38.0 Å². The van der Waals surface area contributed by atoms with E-state index in [-0.39, 0.29) is 0 Å². The van der Waals surface area contributed by atoms with Gasteiger partial charge in [-0.15, -0.1) is 0 Å². The van der Waals surface area contributed by atoms with Gasteiger partial charge in [-0.3, -0.25) is 0 Å². The molecule has 2 aliphatic rings. The molecule has 1 saturated heterocycles. The Bertz CT molecular complexity index is 734. The molecule has 0 radical (unpaired) electrons. The molecule has 0 amide bonds. The summed E-state index contributed by atoms with van der Waals surface area (Å²) < 4.78 is 5.45. The third kappa shape index (κ3) is 3.43. The summed E-state index contributed by atoms with van der Waals surface area (Å²) in [5.41, 5.74) is 1.05. The van der Waals surface area contributed by atoms with Gasteiger partial charge < -0.3 is 14.5 Å². The van der Waals surface area contributed by atoms with Crippen LogP contribution >= 0.6 is 0 Å². The zero-order chi connectivity index (χ0) is 17.2. The molecule has 1 aliphatic heterocycles. The monoisotopic (exact) mass is 340 g/mol. The van der Waals surface area contributed by atoms with Crippen molar-refractivity contribution in [3.8, 4) is 5.75 Å². The highest BCUT2D eigenvalue weighted by molar-refractivity contribution is 5.90. The number of rotatable bonds is 3. The van der Waals surface area contributed by atoms with Crippen LogP contribution in [0.5, 0.6) is 5.75 Å². The van der Waals surface area contributed by atoms with Crippen molar-refractivity contribution < 1.29 is 4.74 Å². The molecular formula is C20H28N4O. The Hall–Kier alpha value is -1.88. The molecule has 5 nitrogen and oxygen atoms in total. The highest BCUT2D eigenvalue weighted by Gasteiger charge is 2.23. The Kier molecular flexibility index (Phi) is 4.75. The Morgan fingerprint density at radius 1 is 1.00 bits per heavy atom. The van der Waals surface area contributed by atoms with Crippen molar-refractivity contribution in [3.05, 3.63) is 24.0 Å². The van der Waals surface area contributed by atoms with Crippen LogP contribution in [0.15, 0.2) is 18.2 Å². The van der Waals surface area contributed by atoms with Crippen molar-refractivity contribution >= 4 is 16.7 Å². The van der Waals surface area contributed by atoms with E-state index in [0.717, 1.165) is 54.5 Å². The molecule has 1 aromatic heterocycles. The van der Waals surface area contributed by atoms with Gasteiger partial charge in [0.05, 0.1) is 12.6 Å². The fourth-order valence-corrected chi connectivity index (χ4v) is 4.04. The molecule has 0 bridgehead atoms. The van der Waals surface area contributed by atoms with Gasteiger partial charge >= 0.3 is 0 Å². The maximum atomic E-state index is 5.45. The molecule has 2 aromatic rings. The smallest absolute Gasteiger partial charge is 0.140 e. The number of hydrogen-bond acceptors (Lipinski definition) is 5. The Labute approximate surface area is 150 Å². The maximum Gasteiger partial charge on any atom is 0.140 e. The van der Waals surface area contributed by atoms with E-state index in [1.807, 2.05) is 6.07 Å². The number of anilines is 1.